The lowest BCUT2D eigenvalue weighted by molar-refractivity contribution is -0.116. The Morgan fingerprint density at radius 1 is 1.11 bits per heavy atom. The molecule has 1 aliphatic rings. The molecule has 1 unspecified atom stereocenters. The van der Waals surface area contributed by atoms with Crippen LogP contribution in [0.25, 0.3) is 0 Å². The van der Waals surface area contributed by atoms with Gasteiger partial charge in [0.2, 0.25) is 0 Å². The number of carbonyl (C=O) groups is 1. The van der Waals surface area contributed by atoms with Crippen molar-refractivity contribution in [3.05, 3.63) is 59.2 Å². The average molecular weight is 252 g/mol. The zero-order valence-electron chi connectivity index (χ0n) is 11.0. The zero-order chi connectivity index (χ0) is 13.4. The van der Waals surface area contributed by atoms with Crippen LogP contribution in [0.3, 0.4) is 0 Å². The molecule has 0 saturated heterocycles. The number of carbonyl (C=O) groups excluding carboxylic acids is 1. The van der Waals surface area contributed by atoms with Gasteiger partial charge in [0.25, 0.3) is 5.91 Å². The van der Waals surface area contributed by atoms with Crippen molar-refractivity contribution in [2.45, 2.75) is 19.9 Å². The Labute approximate surface area is 112 Å². The molecule has 2 N–H and O–H groups in total. The van der Waals surface area contributed by atoms with Gasteiger partial charge in [0.15, 0.2) is 0 Å². The van der Waals surface area contributed by atoms with Crippen LogP contribution in [0.5, 0.6) is 0 Å². The summed E-state index contributed by atoms with van der Waals surface area (Å²) in [5.74, 6) is 0.00109. The van der Waals surface area contributed by atoms with Crippen LogP contribution in [0, 0.1) is 13.8 Å². The molecule has 2 aromatic carbocycles. The van der Waals surface area contributed by atoms with Gasteiger partial charge in [-0.15, -0.1) is 0 Å². The van der Waals surface area contributed by atoms with Gasteiger partial charge in [0.1, 0.15) is 6.04 Å². The van der Waals surface area contributed by atoms with Crippen molar-refractivity contribution in [3.63, 3.8) is 0 Å². The molecular weight excluding hydrogens is 236 g/mol. The Bertz CT molecular complexity index is 649. The van der Waals surface area contributed by atoms with Gasteiger partial charge in [-0.3, -0.25) is 4.79 Å². The SMILES string of the molecule is Cc1ccc(NC2C(=O)Nc3ccccc32)c(C)c1. The highest BCUT2D eigenvalue weighted by Crippen LogP contribution is 2.33. The summed E-state index contributed by atoms with van der Waals surface area (Å²) in [6, 6.07) is 13.7. The molecule has 0 spiro atoms. The predicted molar refractivity (Wildman–Crippen MR) is 77.4 cm³/mol. The molecule has 0 aliphatic carbocycles. The van der Waals surface area contributed by atoms with Gasteiger partial charge in [-0.1, -0.05) is 35.9 Å². The maximum atomic E-state index is 12.0. The van der Waals surface area contributed by atoms with E-state index in [1.54, 1.807) is 0 Å². The molecule has 1 aliphatic heterocycles. The topological polar surface area (TPSA) is 41.1 Å². The van der Waals surface area contributed by atoms with Crippen LogP contribution in [0.4, 0.5) is 11.4 Å². The third kappa shape index (κ3) is 2.08. The molecule has 0 aromatic heterocycles. The maximum absolute atomic E-state index is 12.0. The maximum Gasteiger partial charge on any atom is 0.251 e. The van der Waals surface area contributed by atoms with Crippen LogP contribution in [0.2, 0.25) is 0 Å². The second-order valence-electron chi connectivity index (χ2n) is 4.97. The van der Waals surface area contributed by atoms with E-state index in [0.29, 0.717) is 0 Å². The zero-order valence-corrected chi connectivity index (χ0v) is 11.0. The predicted octanol–water partition coefficient (Wildman–Crippen LogP) is 3.41. The second kappa shape index (κ2) is 4.43. The number of hydrogen-bond donors (Lipinski definition) is 2. The molecular formula is C16H16N2O. The summed E-state index contributed by atoms with van der Waals surface area (Å²) in [5, 5.41) is 6.23. The quantitative estimate of drug-likeness (QED) is 0.860. The van der Waals surface area contributed by atoms with Crippen molar-refractivity contribution < 1.29 is 4.79 Å². The minimum Gasteiger partial charge on any atom is -0.370 e. The molecule has 0 radical (unpaired) electrons. The largest absolute Gasteiger partial charge is 0.370 e. The Morgan fingerprint density at radius 3 is 2.68 bits per heavy atom. The average Bonchev–Trinajstić information content (AvgIpc) is 2.69. The van der Waals surface area contributed by atoms with E-state index in [-0.39, 0.29) is 11.9 Å². The van der Waals surface area contributed by atoms with Crippen molar-refractivity contribution in [2.24, 2.45) is 0 Å². The van der Waals surface area contributed by atoms with Gasteiger partial charge in [0.05, 0.1) is 0 Å². The van der Waals surface area contributed by atoms with E-state index in [2.05, 4.69) is 23.6 Å². The third-order valence-electron chi connectivity index (χ3n) is 3.47. The lowest BCUT2D eigenvalue weighted by atomic mass is 10.1. The first-order valence-electron chi connectivity index (χ1n) is 6.39. The van der Waals surface area contributed by atoms with E-state index < -0.39 is 0 Å². The highest BCUT2D eigenvalue weighted by atomic mass is 16.2. The summed E-state index contributed by atoms with van der Waals surface area (Å²) >= 11 is 0. The van der Waals surface area contributed by atoms with Crippen molar-refractivity contribution in [3.8, 4) is 0 Å². The van der Waals surface area contributed by atoms with E-state index in [4.69, 9.17) is 0 Å². The van der Waals surface area contributed by atoms with E-state index in [9.17, 15) is 4.79 Å². The van der Waals surface area contributed by atoms with Gasteiger partial charge in [-0.05, 0) is 31.5 Å². The minimum atomic E-state index is -0.308. The number of anilines is 2. The number of amides is 1. The smallest absolute Gasteiger partial charge is 0.251 e. The summed E-state index contributed by atoms with van der Waals surface area (Å²) in [7, 11) is 0. The van der Waals surface area contributed by atoms with Crippen LogP contribution in [0.1, 0.15) is 22.7 Å². The molecule has 0 saturated carbocycles. The molecule has 3 rings (SSSR count). The Balaban J connectivity index is 1.93. The monoisotopic (exact) mass is 252 g/mol. The molecule has 19 heavy (non-hydrogen) atoms. The van der Waals surface area contributed by atoms with Gasteiger partial charge in [-0.25, -0.2) is 0 Å². The highest BCUT2D eigenvalue weighted by molar-refractivity contribution is 6.04. The lowest BCUT2D eigenvalue weighted by Gasteiger charge is -2.15. The normalized spacial score (nSPS) is 16.9. The summed E-state index contributed by atoms with van der Waals surface area (Å²) in [6.07, 6.45) is 0. The van der Waals surface area contributed by atoms with Crippen LogP contribution in [-0.2, 0) is 4.79 Å². The lowest BCUT2D eigenvalue weighted by Crippen LogP contribution is -2.20. The summed E-state index contributed by atoms with van der Waals surface area (Å²) in [6.45, 7) is 4.11. The van der Waals surface area contributed by atoms with E-state index in [1.807, 2.05) is 43.3 Å². The van der Waals surface area contributed by atoms with Crippen LogP contribution >= 0.6 is 0 Å². The van der Waals surface area contributed by atoms with Gasteiger partial charge < -0.3 is 10.6 Å². The number of rotatable bonds is 2. The second-order valence-corrected chi connectivity index (χ2v) is 4.97. The number of para-hydroxylation sites is 1. The van der Waals surface area contributed by atoms with Gasteiger partial charge in [-0.2, -0.15) is 0 Å². The molecule has 1 amide bonds. The van der Waals surface area contributed by atoms with Gasteiger partial charge >= 0.3 is 0 Å². The highest BCUT2D eigenvalue weighted by Gasteiger charge is 2.30. The first kappa shape index (κ1) is 11.8. The van der Waals surface area contributed by atoms with Crippen molar-refractivity contribution in [1.82, 2.24) is 0 Å². The number of aryl methyl sites for hydroxylation is 2. The molecule has 1 heterocycles. The standard InChI is InChI=1S/C16H16N2O/c1-10-7-8-13(11(2)9-10)17-15-12-5-3-4-6-14(12)18-16(15)19/h3-9,15,17H,1-2H3,(H,18,19). The molecule has 1 atom stereocenters. The molecule has 96 valence electrons. The van der Waals surface area contributed by atoms with E-state index in [0.717, 1.165) is 22.5 Å². The fourth-order valence-corrected chi connectivity index (χ4v) is 2.48. The van der Waals surface area contributed by atoms with Gasteiger partial charge in [0, 0.05) is 16.9 Å². The summed E-state index contributed by atoms with van der Waals surface area (Å²) < 4.78 is 0. The van der Waals surface area contributed by atoms with Crippen LogP contribution in [0.15, 0.2) is 42.5 Å². The molecule has 2 aromatic rings. The fraction of sp³-hybridized carbons (Fsp3) is 0.188. The Morgan fingerprint density at radius 2 is 1.89 bits per heavy atom. The Kier molecular flexibility index (Phi) is 2.75. The molecule has 0 bridgehead atoms. The molecule has 3 heteroatoms. The summed E-state index contributed by atoms with van der Waals surface area (Å²) in [5.41, 5.74) is 5.28. The van der Waals surface area contributed by atoms with Crippen molar-refractivity contribution in [1.29, 1.82) is 0 Å². The third-order valence-corrected chi connectivity index (χ3v) is 3.47. The first-order valence-corrected chi connectivity index (χ1v) is 6.39. The number of benzene rings is 2. The van der Waals surface area contributed by atoms with E-state index >= 15 is 0 Å². The van der Waals surface area contributed by atoms with Crippen molar-refractivity contribution >= 4 is 17.3 Å². The number of nitrogens with one attached hydrogen (secondary N) is 2. The molecule has 3 nitrogen and oxygen atoms in total. The fourth-order valence-electron chi connectivity index (χ4n) is 2.48. The summed E-state index contributed by atoms with van der Waals surface area (Å²) in [4.78, 5) is 12.0. The van der Waals surface area contributed by atoms with E-state index in [1.165, 1.54) is 5.56 Å². The van der Waals surface area contributed by atoms with Crippen molar-refractivity contribution in [2.75, 3.05) is 10.6 Å². The Hall–Kier alpha value is -2.29. The van der Waals surface area contributed by atoms with Crippen LogP contribution < -0.4 is 10.6 Å². The number of fused-ring (bicyclic) bond motifs is 1. The molecule has 0 fully saturated rings. The first-order chi connectivity index (χ1) is 9.15. The minimum absolute atomic E-state index is 0.00109. The number of hydrogen-bond acceptors (Lipinski definition) is 2. The van der Waals surface area contributed by atoms with Crippen LogP contribution in [-0.4, -0.2) is 5.91 Å².